The Morgan fingerprint density at radius 1 is 0.933 bits per heavy atom. The van der Waals surface area contributed by atoms with Gasteiger partial charge in [0.1, 0.15) is 6.15 Å². The SMILES string of the molecule is [2H]C(F)(Cc1ccccc1)c1ccccc1. The molecule has 2 aromatic carbocycles. The first-order valence-corrected chi connectivity index (χ1v) is 4.97. The molecule has 2 aromatic rings. The Hall–Kier alpha value is -1.63. The molecule has 0 aliphatic rings. The van der Waals surface area contributed by atoms with Crippen LogP contribution in [0.5, 0.6) is 0 Å². The number of benzene rings is 2. The van der Waals surface area contributed by atoms with E-state index in [2.05, 4.69) is 0 Å². The summed E-state index contributed by atoms with van der Waals surface area (Å²) in [4.78, 5) is 0. The summed E-state index contributed by atoms with van der Waals surface area (Å²) in [7, 11) is 0. The Kier molecular flexibility index (Phi) is 2.74. The minimum atomic E-state index is -2.05. The van der Waals surface area contributed by atoms with Crippen LogP contribution < -0.4 is 0 Å². The second-order valence-corrected chi connectivity index (χ2v) is 3.43. The van der Waals surface area contributed by atoms with Gasteiger partial charge < -0.3 is 0 Å². The van der Waals surface area contributed by atoms with E-state index in [1.165, 1.54) is 0 Å². The predicted octanol–water partition coefficient (Wildman–Crippen LogP) is 3.94. The van der Waals surface area contributed by atoms with E-state index in [-0.39, 0.29) is 6.42 Å². The summed E-state index contributed by atoms with van der Waals surface area (Å²) in [6.45, 7) is 0. The van der Waals surface area contributed by atoms with Crippen LogP contribution in [0.4, 0.5) is 4.39 Å². The van der Waals surface area contributed by atoms with E-state index in [0.717, 1.165) is 5.56 Å². The molecule has 0 aliphatic heterocycles. The van der Waals surface area contributed by atoms with Crippen LogP contribution in [0.3, 0.4) is 0 Å². The van der Waals surface area contributed by atoms with E-state index < -0.39 is 6.15 Å². The first-order valence-electron chi connectivity index (χ1n) is 5.47. The highest BCUT2D eigenvalue weighted by atomic mass is 19.1. The monoisotopic (exact) mass is 201 g/mol. The lowest BCUT2D eigenvalue weighted by Crippen LogP contribution is -1.96. The van der Waals surface area contributed by atoms with Gasteiger partial charge in [-0.25, -0.2) is 4.39 Å². The highest BCUT2D eigenvalue weighted by molar-refractivity contribution is 5.22. The van der Waals surface area contributed by atoms with Gasteiger partial charge in [0.15, 0.2) is 0 Å². The van der Waals surface area contributed by atoms with E-state index in [1.807, 2.05) is 36.4 Å². The van der Waals surface area contributed by atoms with Gasteiger partial charge in [-0.3, -0.25) is 0 Å². The second kappa shape index (κ2) is 4.74. The Morgan fingerprint density at radius 3 is 2.07 bits per heavy atom. The minimum absolute atomic E-state index is 0.0812. The normalized spacial score (nSPS) is 15.4. The van der Waals surface area contributed by atoms with Gasteiger partial charge in [0, 0.05) is 6.42 Å². The highest BCUT2D eigenvalue weighted by Crippen LogP contribution is 2.21. The van der Waals surface area contributed by atoms with Crippen LogP contribution >= 0.6 is 0 Å². The van der Waals surface area contributed by atoms with Gasteiger partial charge in [-0.15, -0.1) is 0 Å². The van der Waals surface area contributed by atoms with Gasteiger partial charge in [0.25, 0.3) is 0 Å². The lowest BCUT2D eigenvalue weighted by Gasteiger charge is -2.08. The maximum Gasteiger partial charge on any atom is 0.129 e. The van der Waals surface area contributed by atoms with E-state index in [0.29, 0.717) is 5.56 Å². The molecule has 0 spiro atoms. The Labute approximate surface area is 90.8 Å². The fraction of sp³-hybridized carbons (Fsp3) is 0.143. The van der Waals surface area contributed by atoms with Gasteiger partial charge >= 0.3 is 0 Å². The van der Waals surface area contributed by atoms with Crippen molar-refractivity contribution < 1.29 is 5.76 Å². The Morgan fingerprint density at radius 2 is 1.47 bits per heavy atom. The zero-order chi connectivity index (χ0) is 11.4. The third kappa shape index (κ3) is 2.66. The number of hydrogen-bond acceptors (Lipinski definition) is 0. The largest absolute Gasteiger partial charge is 0.242 e. The minimum Gasteiger partial charge on any atom is -0.242 e. The van der Waals surface area contributed by atoms with Gasteiger partial charge in [-0.2, -0.15) is 0 Å². The average molecular weight is 201 g/mol. The fourth-order valence-corrected chi connectivity index (χ4v) is 1.50. The number of halogens is 1. The summed E-state index contributed by atoms with van der Waals surface area (Å²) in [5.41, 5.74) is 1.24. The summed E-state index contributed by atoms with van der Waals surface area (Å²) in [6, 6.07) is 17.9. The van der Waals surface area contributed by atoms with Crippen LogP contribution in [0, 0.1) is 0 Å². The van der Waals surface area contributed by atoms with Crippen LogP contribution in [0.15, 0.2) is 60.7 Å². The van der Waals surface area contributed by atoms with Crippen molar-refractivity contribution in [3.63, 3.8) is 0 Å². The molecule has 0 aliphatic carbocycles. The number of alkyl halides is 1. The molecule has 1 atom stereocenters. The lowest BCUT2D eigenvalue weighted by molar-refractivity contribution is 0.342. The molecule has 2 rings (SSSR count). The topological polar surface area (TPSA) is 0 Å². The average Bonchev–Trinajstić information content (AvgIpc) is 2.31. The molecule has 1 heteroatoms. The van der Waals surface area contributed by atoms with Crippen molar-refractivity contribution in [2.24, 2.45) is 0 Å². The molecule has 76 valence electrons. The van der Waals surface area contributed by atoms with Crippen LogP contribution in [-0.4, -0.2) is 0 Å². The smallest absolute Gasteiger partial charge is 0.129 e. The molecule has 0 nitrogen and oxygen atoms in total. The van der Waals surface area contributed by atoms with Crippen molar-refractivity contribution in [2.45, 2.75) is 12.6 Å². The zero-order valence-corrected chi connectivity index (χ0v) is 8.36. The predicted molar refractivity (Wildman–Crippen MR) is 60.4 cm³/mol. The molecule has 0 aromatic heterocycles. The summed E-state index contributed by atoms with van der Waals surface area (Å²) in [5, 5.41) is 0. The number of hydrogen-bond donors (Lipinski definition) is 0. The molecule has 0 amide bonds. The molecule has 0 saturated heterocycles. The van der Waals surface area contributed by atoms with Crippen molar-refractivity contribution in [2.75, 3.05) is 0 Å². The summed E-state index contributed by atoms with van der Waals surface area (Å²) in [6.07, 6.45) is -1.97. The first kappa shape index (κ1) is 8.66. The van der Waals surface area contributed by atoms with Crippen molar-refractivity contribution in [3.8, 4) is 0 Å². The molecule has 0 saturated carbocycles. The van der Waals surface area contributed by atoms with Crippen molar-refractivity contribution in [1.29, 1.82) is 0 Å². The zero-order valence-electron chi connectivity index (χ0n) is 9.36. The van der Waals surface area contributed by atoms with Crippen LogP contribution in [0.25, 0.3) is 0 Å². The maximum absolute atomic E-state index is 14.2. The van der Waals surface area contributed by atoms with Crippen LogP contribution in [-0.2, 0) is 6.42 Å². The van der Waals surface area contributed by atoms with E-state index >= 15 is 0 Å². The molecule has 1 unspecified atom stereocenters. The van der Waals surface area contributed by atoms with Crippen molar-refractivity contribution in [1.82, 2.24) is 0 Å². The molecule has 0 bridgehead atoms. The van der Waals surface area contributed by atoms with Gasteiger partial charge in [-0.05, 0) is 11.1 Å². The van der Waals surface area contributed by atoms with E-state index in [4.69, 9.17) is 1.37 Å². The van der Waals surface area contributed by atoms with E-state index in [1.54, 1.807) is 24.3 Å². The third-order valence-electron chi connectivity index (χ3n) is 2.29. The first-order chi connectivity index (χ1) is 7.68. The summed E-state index contributed by atoms with van der Waals surface area (Å²) < 4.78 is 21.9. The Bertz CT molecular complexity index is 437. The molecule has 0 radical (unpaired) electrons. The fourth-order valence-electron chi connectivity index (χ4n) is 1.50. The van der Waals surface area contributed by atoms with Gasteiger partial charge in [0.05, 0.1) is 1.37 Å². The third-order valence-corrected chi connectivity index (χ3v) is 2.29. The second-order valence-electron chi connectivity index (χ2n) is 3.43. The Balaban J connectivity index is 2.21. The van der Waals surface area contributed by atoms with Gasteiger partial charge in [0.2, 0.25) is 0 Å². The highest BCUT2D eigenvalue weighted by Gasteiger charge is 2.09. The quantitative estimate of drug-likeness (QED) is 0.705. The molecule has 15 heavy (non-hydrogen) atoms. The molecule has 0 heterocycles. The molecular weight excluding hydrogens is 187 g/mol. The van der Waals surface area contributed by atoms with Crippen LogP contribution in [0.1, 0.15) is 18.6 Å². The standard InChI is InChI=1S/C14H13F/c15-14(13-9-5-2-6-10-13)11-12-7-3-1-4-8-12/h1-10,14H,11H2/i14D. The van der Waals surface area contributed by atoms with E-state index in [9.17, 15) is 4.39 Å². The van der Waals surface area contributed by atoms with Crippen molar-refractivity contribution >= 4 is 0 Å². The molecule has 0 fully saturated rings. The van der Waals surface area contributed by atoms with Gasteiger partial charge in [-0.1, -0.05) is 60.7 Å². The molecule has 0 N–H and O–H groups in total. The van der Waals surface area contributed by atoms with Crippen molar-refractivity contribution in [3.05, 3.63) is 71.8 Å². The molecular formula is C14H13F. The number of rotatable bonds is 3. The summed E-state index contributed by atoms with van der Waals surface area (Å²) in [5.74, 6) is 0. The lowest BCUT2D eigenvalue weighted by atomic mass is 10.0. The maximum atomic E-state index is 14.2. The van der Waals surface area contributed by atoms with Crippen LogP contribution in [0.2, 0.25) is 0 Å². The summed E-state index contributed by atoms with van der Waals surface area (Å²) >= 11 is 0.